The van der Waals surface area contributed by atoms with Crippen molar-refractivity contribution in [1.29, 1.82) is 0 Å². The quantitative estimate of drug-likeness (QED) is 0.286. The SMILES string of the molecule is COc1ccc(S(=O)(=O)N2CCC(C(=O)N(Cc3cccnc3)c3nc4c(OC)ccc(OC)c4s3)CC2)cc1. The molecular weight excluding hydrogens is 552 g/mol. The summed E-state index contributed by atoms with van der Waals surface area (Å²) >= 11 is 1.35. The molecule has 1 aliphatic rings. The molecule has 2 aromatic carbocycles. The second-order valence-electron chi connectivity index (χ2n) is 9.28. The molecule has 1 fully saturated rings. The Bertz CT molecular complexity index is 1540. The Morgan fingerprint density at radius 3 is 2.33 bits per heavy atom. The van der Waals surface area contributed by atoms with Gasteiger partial charge in [-0.2, -0.15) is 4.31 Å². The van der Waals surface area contributed by atoms with Gasteiger partial charge < -0.3 is 14.2 Å². The maximum Gasteiger partial charge on any atom is 0.243 e. The van der Waals surface area contributed by atoms with Crippen molar-refractivity contribution in [3.63, 3.8) is 0 Å². The van der Waals surface area contributed by atoms with E-state index in [1.54, 1.807) is 49.7 Å². The van der Waals surface area contributed by atoms with Crippen LogP contribution in [0.1, 0.15) is 18.4 Å². The first-order valence-corrected chi connectivity index (χ1v) is 15.0. The number of sulfonamides is 1. The predicted octanol–water partition coefficient (Wildman–Crippen LogP) is 4.35. The number of fused-ring (bicyclic) bond motifs is 1. The molecule has 5 rings (SSSR count). The van der Waals surface area contributed by atoms with Crippen molar-refractivity contribution in [2.24, 2.45) is 5.92 Å². The van der Waals surface area contributed by atoms with Gasteiger partial charge in [0.15, 0.2) is 5.13 Å². The topological polar surface area (TPSA) is 111 Å². The number of piperidine rings is 1. The molecule has 0 atom stereocenters. The van der Waals surface area contributed by atoms with Gasteiger partial charge in [0.2, 0.25) is 15.9 Å². The molecule has 0 radical (unpaired) electrons. The number of amides is 1. The highest BCUT2D eigenvalue weighted by Gasteiger charge is 2.35. The van der Waals surface area contributed by atoms with E-state index in [9.17, 15) is 13.2 Å². The standard InChI is InChI=1S/C28H30N4O6S2/c1-36-21-6-8-22(9-7-21)40(34,35)31-15-12-20(13-16-31)27(33)32(18-19-5-4-14-29-17-19)28-30-25-23(37-2)10-11-24(38-3)26(25)39-28/h4-11,14,17,20H,12-13,15-16,18H2,1-3H3. The van der Waals surface area contributed by atoms with Crippen LogP contribution in [0.4, 0.5) is 5.13 Å². The monoisotopic (exact) mass is 582 g/mol. The van der Waals surface area contributed by atoms with E-state index in [4.69, 9.17) is 19.2 Å². The smallest absolute Gasteiger partial charge is 0.243 e. The van der Waals surface area contributed by atoms with Crippen molar-refractivity contribution in [3.8, 4) is 17.2 Å². The largest absolute Gasteiger partial charge is 0.497 e. The third kappa shape index (κ3) is 5.47. The van der Waals surface area contributed by atoms with Crippen LogP contribution in [0, 0.1) is 5.92 Å². The molecule has 40 heavy (non-hydrogen) atoms. The van der Waals surface area contributed by atoms with E-state index in [0.717, 1.165) is 10.3 Å². The lowest BCUT2D eigenvalue weighted by Gasteiger charge is -2.33. The number of nitrogens with zero attached hydrogens (tertiary/aromatic N) is 4. The van der Waals surface area contributed by atoms with Crippen LogP contribution in [0.15, 0.2) is 65.8 Å². The Hall–Kier alpha value is -3.74. The Morgan fingerprint density at radius 1 is 1.00 bits per heavy atom. The van der Waals surface area contributed by atoms with Crippen molar-refractivity contribution in [2.75, 3.05) is 39.3 Å². The zero-order valence-electron chi connectivity index (χ0n) is 22.4. The number of benzene rings is 2. The number of thiazole rings is 1. The van der Waals surface area contributed by atoms with Crippen LogP contribution in [-0.4, -0.2) is 63.0 Å². The molecule has 0 aliphatic carbocycles. The molecule has 3 heterocycles. The number of rotatable bonds is 9. The van der Waals surface area contributed by atoms with Gasteiger partial charge in [0.05, 0.1) is 32.8 Å². The molecule has 1 saturated heterocycles. The van der Waals surface area contributed by atoms with Gasteiger partial charge in [0, 0.05) is 31.4 Å². The maximum atomic E-state index is 14.0. The summed E-state index contributed by atoms with van der Waals surface area (Å²) in [5.41, 5.74) is 1.47. The molecule has 1 amide bonds. The normalized spacial score (nSPS) is 14.7. The second-order valence-corrected chi connectivity index (χ2v) is 12.2. The highest BCUT2D eigenvalue weighted by atomic mass is 32.2. The first-order chi connectivity index (χ1) is 19.3. The molecule has 0 bridgehead atoms. The number of pyridine rings is 1. The van der Waals surface area contributed by atoms with E-state index in [-0.39, 0.29) is 36.4 Å². The molecule has 0 unspecified atom stereocenters. The summed E-state index contributed by atoms with van der Waals surface area (Å²) in [6, 6.07) is 13.7. The van der Waals surface area contributed by atoms with Gasteiger partial charge in [-0.25, -0.2) is 13.4 Å². The van der Waals surface area contributed by atoms with Crippen LogP contribution < -0.4 is 19.1 Å². The molecule has 0 N–H and O–H groups in total. The van der Waals surface area contributed by atoms with E-state index in [2.05, 4.69) is 4.98 Å². The summed E-state index contributed by atoms with van der Waals surface area (Å²) in [7, 11) is 1.01. The van der Waals surface area contributed by atoms with Gasteiger partial charge in [-0.3, -0.25) is 14.7 Å². The fourth-order valence-corrected chi connectivity index (χ4v) is 7.31. The number of aromatic nitrogens is 2. The van der Waals surface area contributed by atoms with Gasteiger partial charge in [0.1, 0.15) is 27.5 Å². The van der Waals surface area contributed by atoms with Gasteiger partial charge in [-0.05, 0) is 60.9 Å². The molecule has 4 aromatic rings. The summed E-state index contributed by atoms with van der Waals surface area (Å²) in [6.07, 6.45) is 4.20. The molecule has 2 aromatic heterocycles. The van der Waals surface area contributed by atoms with Crippen LogP contribution >= 0.6 is 11.3 Å². The van der Waals surface area contributed by atoms with Crippen molar-refractivity contribution >= 4 is 42.6 Å². The number of methoxy groups -OCH3 is 3. The van der Waals surface area contributed by atoms with Crippen molar-refractivity contribution in [1.82, 2.24) is 14.3 Å². The van der Waals surface area contributed by atoms with E-state index in [1.807, 2.05) is 18.2 Å². The molecule has 0 spiro atoms. The lowest BCUT2D eigenvalue weighted by atomic mass is 9.96. The van der Waals surface area contributed by atoms with Crippen LogP contribution in [0.25, 0.3) is 10.2 Å². The van der Waals surface area contributed by atoms with Crippen molar-refractivity contribution in [2.45, 2.75) is 24.3 Å². The minimum Gasteiger partial charge on any atom is -0.497 e. The number of hydrogen-bond acceptors (Lipinski definition) is 9. The fourth-order valence-electron chi connectivity index (χ4n) is 4.76. The maximum absolute atomic E-state index is 14.0. The summed E-state index contributed by atoms with van der Waals surface area (Å²) in [4.78, 5) is 24.9. The second kappa shape index (κ2) is 11.8. The lowest BCUT2D eigenvalue weighted by molar-refractivity contribution is -0.123. The van der Waals surface area contributed by atoms with E-state index < -0.39 is 10.0 Å². The van der Waals surface area contributed by atoms with Crippen LogP contribution in [0.3, 0.4) is 0 Å². The van der Waals surface area contributed by atoms with Crippen LogP contribution in [-0.2, 0) is 21.4 Å². The van der Waals surface area contributed by atoms with Crippen LogP contribution in [0.5, 0.6) is 17.2 Å². The summed E-state index contributed by atoms with van der Waals surface area (Å²) in [5, 5.41) is 0.514. The minimum absolute atomic E-state index is 0.109. The van der Waals surface area contributed by atoms with Gasteiger partial charge in [0.25, 0.3) is 0 Å². The Kier molecular flexibility index (Phi) is 8.19. The zero-order chi connectivity index (χ0) is 28.3. The first-order valence-electron chi connectivity index (χ1n) is 12.7. The Labute approximate surface area is 237 Å². The fraction of sp³-hybridized carbons (Fsp3) is 0.321. The average Bonchev–Trinajstić information content (AvgIpc) is 3.45. The summed E-state index contributed by atoms with van der Waals surface area (Å²) in [6.45, 7) is 0.765. The number of carbonyl (C=O) groups excluding carboxylic acids is 1. The average molecular weight is 583 g/mol. The third-order valence-electron chi connectivity index (χ3n) is 6.96. The summed E-state index contributed by atoms with van der Waals surface area (Å²) in [5.74, 6) is 1.34. The first kappa shape index (κ1) is 27.8. The Balaban J connectivity index is 1.40. The molecule has 0 saturated carbocycles. The van der Waals surface area contributed by atoms with Crippen molar-refractivity contribution < 1.29 is 27.4 Å². The predicted molar refractivity (Wildman–Crippen MR) is 153 cm³/mol. The van der Waals surface area contributed by atoms with Gasteiger partial charge >= 0.3 is 0 Å². The van der Waals surface area contributed by atoms with Gasteiger partial charge in [-0.1, -0.05) is 17.4 Å². The molecule has 210 valence electrons. The third-order valence-corrected chi connectivity index (χ3v) is 9.97. The zero-order valence-corrected chi connectivity index (χ0v) is 24.1. The van der Waals surface area contributed by atoms with E-state index >= 15 is 0 Å². The number of anilines is 1. The Morgan fingerprint density at radius 2 is 1.70 bits per heavy atom. The minimum atomic E-state index is -3.68. The van der Waals surface area contributed by atoms with Crippen LogP contribution in [0.2, 0.25) is 0 Å². The lowest BCUT2D eigenvalue weighted by Crippen LogP contribution is -2.44. The molecule has 10 nitrogen and oxygen atoms in total. The number of carbonyl (C=O) groups is 1. The van der Waals surface area contributed by atoms with E-state index in [0.29, 0.717) is 40.7 Å². The van der Waals surface area contributed by atoms with Gasteiger partial charge in [-0.15, -0.1) is 0 Å². The van der Waals surface area contributed by atoms with E-state index in [1.165, 1.54) is 34.9 Å². The number of ether oxygens (including phenoxy) is 3. The molecule has 1 aliphatic heterocycles. The highest BCUT2D eigenvalue weighted by Crippen LogP contribution is 2.41. The molecular formula is C28H30N4O6S2. The van der Waals surface area contributed by atoms with Crippen molar-refractivity contribution in [3.05, 3.63) is 66.5 Å². The highest BCUT2D eigenvalue weighted by molar-refractivity contribution is 7.89. The number of hydrogen-bond donors (Lipinski definition) is 0. The summed E-state index contributed by atoms with van der Waals surface area (Å²) < 4.78 is 44.9. The molecule has 12 heteroatoms.